The molecule has 0 aromatic heterocycles. The first-order valence-electron chi connectivity index (χ1n) is 6.64. The fourth-order valence-corrected chi connectivity index (χ4v) is 2.33. The van der Waals surface area contributed by atoms with Crippen LogP contribution in [0.4, 0.5) is 4.79 Å². The van der Waals surface area contributed by atoms with Crippen LogP contribution in [0.2, 0.25) is 0 Å². The van der Waals surface area contributed by atoms with Crippen molar-refractivity contribution in [2.75, 3.05) is 13.1 Å². The number of piperidine rings is 1. The zero-order chi connectivity index (χ0) is 13.6. The largest absolute Gasteiger partial charge is 0.409 e. The minimum absolute atomic E-state index is 0.0675. The Labute approximate surface area is 108 Å². The van der Waals surface area contributed by atoms with Crippen LogP contribution < -0.4 is 11.1 Å². The van der Waals surface area contributed by atoms with Gasteiger partial charge in [0.05, 0.1) is 0 Å². The van der Waals surface area contributed by atoms with Gasteiger partial charge in [-0.05, 0) is 32.1 Å². The molecule has 0 bridgehead atoms. The molecular formula is C12H24N4O2. The van der Waals surface area contributed by atoms with Gasteiger partial charge < -0.3 is 21.2 Å². The summed E-state index contributed by atoms with van der Waals surface area (Å²) in [6.07, 6.45) is 4.46. The van der Waals surface area contributed by atoms with Crippen molar-refractivity contribution >= 4 is 11.9 Å². The Morgan fingerprint density at radius 3 is 2.33 bits per heavy atom. The molecule has 1 aliphatic heterocycles. The first kappa shape index (κ1) is 14.6. The lowest BCUT2D eigenvalue weighted by molar-refractivity contribution is 0.177. The molecule has 104 valence electrons. The van der Waals surface area contributed by atoms with Crippen molar-refractivity contribution < 1.29 is 10.0 Å². The second-order valence-corrected chi connectivity index (χ2v) is 4.75. The van der Waals surface area contributed by atoms with Crippen LogP contribution in [-0.2, 0) is 0 Å². The third-order valence-corrected chi connectivity index (χ3v) is 3.79. The molecule has 6 nitrogen and oxygen atoms in total. The molecule has 6 heteroatoms. The lowest BCUT2D eigenvalue weighted by atomic mass is 9.91. The van der Waals surface area contributed by atoms with E-state index in [-0.39, 0.29) is 11.9 Å². The summed E-state index contributed by atoms with van der Waals surface area (Å²) >= 11 is 0. The van der Waals surface area contributed by atoms with Crippen LogP contribution in [0.15, 0.2) is 5.16 Å². The van der Waals surface area contributed by atoms with E-state index in [1.165, 1.54) is 6.42 Å². The summed E-state index contributed by atoms with van der Waals surface area (Å²) in [5.74, 6) is 0.0675. The van der Waals surface area contributed by atoms with Crippen LogP contribution in [0.25, 0.3) is 0 Å². The molecule has 0 saturated carbocycles. The predicted octanol–water partition coefficient (Wildman–Crippen LogP) is 1.49. The SMILES string of the molecule is CCC(CC)(NC(=O)N1CCCCC1)C(N)=NO. The molecule has 1 aliphatic rings. The summed E-state index contributed by atoms with van der Waals surface area (Å²) in [4.78, 5) is 14.0. The number of hydrogen-bond acceptors (Lipinski definition) is 3. The maximum Gasteiger partial charge on any atom is 0.318 e. The third-order valence-electron chi connectivity index (χ3n) is 3.79. The molecule has 1 fully saturated rings. The minimum Gasteiger partial charge on any atom is -0.409 e. The second kappa shape index (κ2) is 6.47. The van der Waals surface area contributed by atoms with Crippen molar-refractivity contribution in [3.05, 3.63) is 0 Å². The molecule has 0 unspecified atom stereocenters. The van der Waals surface area contributed by atoms with Crippen LogP contribution in [-0.4, -0.2) is 40.6 Å². The summed E-state index contributed by atoms with van der Waals surface area (Å²) in [5.41, 5.74) is 4.97. The lowest BCUT2D eigenvalue weighted by Crippen LogP contribution is -2.60. The van der Waals surface area contributed by atoms with Gasteiger partial charge in [-0.15, -0.1) is 0 Å². The molecule has 0 aliphatic carbocycles. The summed E-state index contributed by atoms with van der Waals surface area (Å²) in [7, 11) is 0. The number of carbonyl (C=O) groups excluding carboxylic acids is 1. The van der Waals surface area contributed by atoms with Crippen molar-refractivity contribution in [1.82, 2.24) is 10.2 Å². The van der Waals surface area contributed by atoms with Crippen LogP contribution in [0.5, 0.6) is 0 Å². The standard InChI is InChI=1S/C12H24N4O2/c1-3-12(4-2,10(13)15-18)14-11(17)16-8-6-5-7-9-16/h18H,3-9H2,1-2H3,(H2,13,15)(H,14,17). The Bertz CT molecular complexity index is 307. The smallest absolute Gasteiger partial charge is 0.318 e. The normalized spacial score (nSPS) is 17.7. The number of rotatable bonds is 4. The fourth-order valence-electron chi connectivity index (χ4n) is 2.33. The number of amides is 2. The maximum absolute atomic E-state index is 12.2. The molecular weight excluding hydrogens is 232 g/mol. The van der Waals surface area contributed by atoms with E-state index >= 15 is 0 Å². The Hall–Kier alpha value is -1.46. The van der Waals surface area contributed by atoms with Crippen molar-refractivity contribution in [3.63, 3.8) is 0 Å². The van der Waals surface area contributed by atoms with E-state index in [9.17, 15) is 4.79 Å². The van der Waals surface area contributed by atoms with E-state index in [1.807, 2.05) is 13.8 Å². The number of urea groups is 1. The highest BCUT2D eigenvalue weighted by Crippen LogP contribution is 2.17. The first-order chi connectivity index (χ1) is 8.59. The molecule has 0 atom stereocenters. The zero-order valence-electron chi connectivity index (χ0n) is 11.3. The molecule has 0 spiro atoms. The van der Waals surface area contributed by atoms with Crippen molar-refractivity contribution in [3.8, 4) is 0 Å². The second-order valence-electron chi connectivity index (χ2n) is 4.75. The van der Waals surface area contributed by atoms with Crippen molar-refractivity contribution in [1.29, 1.82) is 0 Å². The summed E-state index contributed by atoms with van der Waals surface area (Å²) in [6.45, 7) is 5.40. The van der Waals surface area contributed by atoms with E-state index in [1.54, 1.807) is 4.90 Å². The zero-order valence-corrected chi connectivity index (χ0v) is 11.3. The van der Waals surface area contributed by atoms with Gasteiger partial charge in [0.1, 0.15) is 5.54 Å². The molecule has 2 amide bonds. The number of nitrogens with one attached hydrogen (secondary N) is 1. The average Bonchev–Trinajstić information content (AvgIpc) is 2.44. The molecule has 1 rings (SSSR count). The predicted molar refractivity (Wildman–Crippen MR) is 70.7 cm³/mol. The Balaban J connectivity index is 2.74. The Morgan fingerprint density at radius 2 is 1.89 bits per heavy atom. The molecule has 1 heterocycles. The number of amidine groups is 1. The number of likely N-dealkylation sites (tertiary alicyclic amines) is 1. The van der Waals surface area contributed by atoms with Gasteiger partial charge in [-0.2, -0.15) is 0 Å². The van der Waals surface area contributed by atoms with Gasteiger partial charge in [-0.25, -0.2) is 4.79 Å². The summed E-state index contributed by atoms with van der Waals surface area (Å²) < 4.78 is 0. The van der Waals surface area contributed by atoms with Crippen molar-refractivity contribution in [2.24, 2.45) is 10.9 Å². The monoisotopic (exact) mass is 256 g/mol. The van der Waals surface area contributed by atoms with E-state index in [2.05, 4.69) is 10.5 Å². The van der Waals surface area contributed by atoms with Crippen LogP contribution >= 0.6 is 0 Å². The maximum atomic E-state index is 12.2. The summed E-state index contributed by atoms with van der Waals surface area (Å²) in [6, 6.07) is -0.120. The van der Waals surface area contributed by atoms with Gasteiger partial charge in [0.15, 0.2) is 5.84 Å². The molecule has 0 radical (unpaired) electrons. The van der Waals surface area contributed by atoms with Crippen molar-refractivity contribution in [2.45, 2.75) is 51.5 Å². The highest BCUT2D eigenvalue weighted by atomic mass is 16.4. The van der Waals surface area contributed by atoms with Gasteiger partial charge in [-0.3, -0.25) is 0 Å². The number of carbonyl (C=O) groups is 1. The number of nitrogens with zero attached hydrogens (tertiary/aromatic N) is 2. The molecule has 0 aromatic carbocycles. The topological polar surface area (TPSA) is 91.0 Å². The highest BCUT2D eigenvalue weighted by molar-refractivity contribution is 5.93. The summed E-state index contributed by atoms with van der Waals surface area (Å²) in [5, 5.41) is 14.8. The average molecular weight is 256 g/mol. The van der Waals surface area contributed by atoms with Crippen LogP contribution in [0.1, 0.15) is 46.0 Å². The number of hydrogen-bond donors (Lipinski definition) is 3. The quantitative estimate of drug-likeness (QED) is 0.308. The molecule has 1 saturated heterocycles. The van der Waals surface area contributed by atoms with Gasteiger partial charge in [-0.1, -0.05) is 19.0 Å². The Kier molecular flexibility index (Phi) is 5.25. The van der Waals surface area contributed by atoms with E-state index < -0.39 is 5.54 Å². The fraction of sp³-hybridized carbons (Fsp3) is 0.833. The van der Waals surface area contributed by atoms with E-state index in [0.29, 0.717) is 12.8 Å². The molecule has 4 N–H and O–H groups in total. The van der Waals surface area contributed by atoms with E-state index in [0.717, 1.165) is 25.9 Å². The van der Waals surface area contributed by atoms with Crippen LogP contribution in [0.3, 0.4) is 0 Å². The van der Waals surface area contributed by atoms with Gasteiger partial charge in [0.2, 0.25) is 0 Å². The molecule has 18 heavy (non-hydrogen) atoms. The lowest BCUT2D eigenvalue weighted by Gasteiger charge is -2.35. The highest BCUT2D eigenvalue weighted by Gasteiger charge is 2.34. The van der Waals surface area contributed by atoms with Gasteiger partial charge in [0.25, 0.3) is 0 Å². The van der Waals surface area contributed by atoms with E-state index in [4.69, 9.17) is 10.9 Å². The number of oxime groups is 1. The number of nitrogens with two attached hydrogens (primary N) is 1. The van der Waals surface area contributed by atoms with Crippen LogP contribution in [0, 0.1) is 0 Å². The Morgan fingerprint density at radius 1 is 1.33 bits per heavy atom. The molecule has 0 aromatic rings. The van der Waals surface area contributed by atoms with Gasteiger partial charge >= 0.3 is 6.03 Å². The third kappa shape index (κ3) is 3.05. The minimum atomic E-state index is -0.747. The van der Waals surface area contributed by atoms with Gasteiger partial charge in [0, 0.05) is 13.1 Å². The first-order valence-corrected chi connectivity index (χ1v) is 6.64.